The quantitative estimate of drug-likeness (QED) is 0.213. The SMILES string of the molecule is [C-]#[N+]/N=C(\CCCCCCC1CCN(C(=O)c2ccccc2)CC1)Cc1ccncc1. The third kappa shape index (κ3) is 7.64. The summed E-state index contributed by atoms with van der Waals surface area (Å²) < 4.78 is 0. The fraction of sp³-hybridized carbons (Fsp3) is 0.462. The second-order valence-corrected chi connectivity index (χ2v) is 8.35. The Hall–Kier alpha value is -3.00. The van der Waals surface area contributed by atoms with Gasteiger partial charge >= 0.3 is 0 Å². The maximum Gasteiger partial charge on any atom is 0.253 e. The molecule has 1 fully saturated rings. The predicted molar refractivity (Wildman–Crippen MR) is 125 cm³/mol. The molecule has 0 N–H and O–H groups in total. The fourth-order valence-corrected chi connectivity index (χ4v) is 4.28. The van der Waals surface area contributed by atoms with Crippen LogP contribution in [-0.2, 0) is 6.42 Å². The van der Waals surface area contributed by atoms with Crippen LogP contribution in [0, 0.1) is 12.5 Å². The minimum Gasteiger partial charge on any atom is -0.339 e. The summed E-state index contributed by atoms with van der Waals surface area (Å²) in [6.07, 6.45) is 13.4. The van der Waals surface area contributed by atoms with Crippen molar-refractivity contribution in [2.75, 3.05) is 13.1 Å². The number of amides is 1. The van der Waals surface area contributed by atoms with E-state index in [0.717, 1.165) is 68.0 Å². The molecule has 1 saturated heterocycles. The molecule has 5 nitrogen and oxygen atoms in total. The highest BCUT2D eigenvalue weighted by Crippen LogP contribution is 2.24. The van der Waals surface area contributed by atoms with E-state index in [1.54, 1.807) is 12.4 Å². The molecule has 0 aliphatic carbocycles. The second kappa shape index (κ2) is 12.6. The molecular formula is C26H32N4O. The first-order chi connectivity index (χ1) is 15.3. The van der Waals surface area contributed by atoms with Gasteiger partial charge in [-0.2, -0.15) is 6.57 Å². The Balaban J connectivity index is 1.28. The average molecular weight is 417 g/mol. The van der Waals surface area contributed by atoms with Gasteiger partial charge in [0.25, 0.3) is 5.91 Å². The van der Waals surface area contributed by atoms with Crippen molar-refractivity contribution in [1.82, 2.24) is 9.88 Å². The van der Waals surface area contributed by atoms with Crippen LogP contribution in [0.25, 0.3) is 4.95 Å². The molecule has 1 aromatic carbocycles. The van der Waals surface area contributed by atoms with Gasteiger partial charge in [0.1, 0.15) is 5.71 Å². The molecule has 5 heteroatoms. The van der Waals surface area contributed by atoms with Crippen LogP contribution in [0.1, 0.15) is 67.3 Å². The van der Waals surface area contributed by atoms with Crippen LogP contribution >= 0.6 is 0 Å². The van der Waals surface area contributed by atoms with Crippen molar-refractivity contribution in [2.45, 2.75) is 57.8 Å². The minimum absolute atomic E-state index is 0.169. The Kier molecular flexibility index (Phi) is 9.25. The number of piperidine rings is 1. The molecule has 0 spiro atoms. The third-order valence-corrected chi connectivity index (χ3v) is 6.10. The number of rotatable bonds is 10. The van der Waals surface area contributed by atoms with E-state index in [2.05, 4.69) is 15.0 Å². The Bertz CT molecular complexity index is 865. The largest absolute Gasteiger partial charge is 0.339 e. The van der Waals surface area contributed by atoms with Gasteiger partial charge in [-0.25, -0.2) is 0 Å². The lowest BCUT2D eigenvalue weighted by Gasteiger charge is -2.32. The molecule has 0 atom stereocenters. The normalized spacial score (nSPS) is 14.9. The third-order valence-electron chi connectivity index (χ3n) is 6.10. The topological polar surface area (TPSA) is 49.9 Å². The van der Waals surface area contributed by atoms with Crippen molar-refractivity contribution >= 4 is 11.6 Å². The zero-order chi connectivity index (χ0) is 21.7. The lowest BCUT2D eigenvalue weighted by Crippen LogP contribution is -2.38. The number of hydrogen-bond donors (Lipinski definition) is 0. The minimum atomic E-state index is 0.169. The van der Waals surface area contributed by atoms with Crippen molar-refractivity contribution in [3.63, 3.8) is 0 Å². The number of carbonyl (C=O) groups is 1. The summed E-state index contributed by atoms with van der Waals surface area (Å²) in [7, 11) is 0. The van der Waals surface area contributed by atoms with Crippen molar-refractivity contribution in [3.8, 4) is 0 Å². The maximum atomic E-state index is 12.6. The molecule has 2 aromatic rings. The van der Waals surface area contributed by atoms with Crippen molar-refractivity contribution in [2.24, 2.45) is 11.0 Å². The molecular weight excluding hydrogens is 384 g/mol. The fourth-order valence-electron chi connectivity index (χ4n) is 4.28. The van der Waals surface area contributed by atoms with Gasteiger partial charge in [-0.3, -0.25) is 9.78 Å². The average Bonchev–Trinajstić information content (AvgIpc) is 2.82. The highest BCUT2D eigenvalue weighted by atomic mass is 16.2. The molecule has 0 bridgehead atoms. The van der Waals surface area contributed by atoms with E-state index in [1.807, 2.05) is 47.4 Å². The van der Waals surface area contributed by atoms with Crippen molar-refractivity contribution in [3.05, 3.63) is 77.5 Å². The molecule has 162 valence electrons. The van der Waals surface area contributed by atoms with Gasteiger partial charge in [-0.05, 0) is 61.4 Å². The number of benzene rings is 1. The molecule has 0 radical (unpaired) electrons. The van der Waals surface area contributed by atoms with Gasteiger partial charge < -0.3 is 4.90 Å². The lowest BCUT2D eigenvalue weighted by molar-refractivity contribution is 0.0685. The number of hydrogen-bond acceptors (Lipinski definition) is 3. The number of likely N-dealkylation sites (tertiary alicyclic amines) is 1. The van der Waals surface area contributed by atoms with Gasteiger partial charge in [0, 0.05) is 37.5 Å². The summed E-state index contributed by atoms with van der Waals surface area (Å²) in [5, 5.41) is 4.01. The van der Waals surface area contributed by atoms with E-state index in [1.165, 1.54) is 25.7 Å². The maximum absolute atomic E-state index is 12.6. The standard InChI is InChI=1S/C26H32N4O/c1-27-29-25(21-23-13-17-28-18-14-23)12-8-3-2-5-9-22-15-19-30(20-16-22)26(31)24-10-6-4-7-11-24/h4,6-7,10-11,13-14,17-18,22H,2-3,5,8-9,12,15-16,19-21H2/b29-25+. The Morgan fingerprint density at radius 2 is 1.74 bits per heavy atom. The van der Waals surface area contributed by atoms with Crippen LogP contribution in [0.2, 0.25) is 0 Å². The summed E-state index contributed by atoms with van der Waals surface area (Å²) >= 11 is 0. The summed E-state index contributed by atoms with van der Waals surface area (Å²) in [5.41, 5.74) is 2.93. The molecule has 0 saturated carbocycles. The smallest absolute Gasteiger partial charge is 0.253 e. The van der Waals surface area contributed by atoms with Gasteiger partial charge in [-0.15, -0.1) is 4.95 Å². The number of pyridine rings is 1. The molecule has 31 heavy (non-hydrogen) atoms. The summed E-state index contributed by atoms with van der Waals surface area (Å²) in [4.78, 5) is 21.8. The van der Waals surface area contributed by atoms with Crippen LogP contribution in [0.5, 0.6) is 0 Å². The molecule has 0 unspecified atom stereocenters. The molecule has 1 aliphatic heterocycles. The summed E-state index contributed by atoms with van der Waals surface area (Å²) in [6.45, 7) is 8.81. The lowest BCUT2D eigenvalue weighted by atomic mass is 9.90. The van der Waals surface area contributed by atoms with E-state index >= 15 is 0 Å². The zero-order valence-electron chi connectivity index (χ0n) is 18.2. The Morgan fingerprint density at radius 3 is 2.45 bits per heavy atom. The number of carbonyl (C=O) groups excluding carboxylic acids is 1. The molecule has 2 heterocycles. The predicted octanol–water partition coefficient (Wildman–Crippen LogP) is 5.79. The van der Waals surface area contributed by atoms with E-state index in [9.17, 15) is 4.79 Å². The molecule has 3 rings (SSSR count). The zero-order valence-corrected chi connectivity index (χ0v) is 18.2. The van der Waals surface area contributed by atoms with E-state index in [0.29, 0.717) is 0 Å². The van der Waals surface area contributed by atoms with Gasteiger partial charge in [0.05, 0.1) is 5.10 Å². The van der Waals surface area contributed by atoms with Gasteiger partial charge in [0.15, 0.2) is 0 Å². The van der Waals surface area contributed by atoms with E-state index in [-0.39, 0.29) is 5.91 Å². The van der Waals surface area contributed by atoms with Gasteiger partial charge in [-0.1, -0.05) is 43.9 Å². The number of aromatic nitrogens is 1. The summed E-state index contributed by atoms with van der Waals surface area (Å²) in [6, 6.07) is 13.6. The van der Waals surface area contributed by atoms with Gasteiger partial charge in [0.2, 0.25) is 0 Å². The summed E-state index contributed by atoms with van der Waals surface area (Å²) in [5.74, 6) is 0.911. The first-order valence-electron chi connectivity index (χ1n) is 11.4. The van der Waals surface area contributed by atoms with Crippen LogP contribution in [0.15, 0.2) is 60.0 Å². The Labute approximate surface area is 186 Å². The molecule has 1 amide bonds. The van der Waals surface area contributed by atoms with E-state index < -0.39 is 0 Å². The van der Waals surface area contributed by atoms with Crippen LogP contribution in [0.4, 0.5) is 0 Å². The highest BCUT2D eigenvalue weighted by Gasteiger charge is 2.23. The van der Waals surface area contributed by atoms with E-state index in [4.69, 9.17) is 6.57 Å². The first kappa shape index (κ1) is 22.7. The second-order valence-electron chi connectivity index (χ2n) is 8.35. The number of nitrogens with zero attached hydrogens (tertiary/aromatic N) is 4. The monoisotopic (exact) mass is 416 g/mol. The van der Waals surface area contributed by atoms with Crippen LogP contribution < -0.4 is 0 Å². The first-order valence-corrected chi connectivity index (χ1v) is 11.4. The Morgan fingerprint density at radius 1 is 1.03 bits per heavy atom. The van der Waals surface area contributed by atoms with Crippen molar-refractivity contribution < 1.29 is 4.79 Å². The van der Waals surface area contributed by atoms with Crippen LogP contribution in [-0.4, -0.2) is 34.6 Å². The highest BCUT2D eigenvalue weighted by molar-refractivity contribution is 5.94. The van der Waals surface area contributed by atoms with Crippen molar-refractivity contribution in [1.29, 1.82) is 0 Å². The van der Waals surface area contributed by atoms with Crippen LogP contribution in [0.3, 0.4) is 0 Å². The molecule has 1 aromatic heterocycles. The number of unbranched alkanes of at least 4 members (excludes halogenated alkanes) is 3. The molecule has 1 aliphatic rings.